The Morgan fingerprint density at radius 2 is 1.90 bits per heavy atom. The van der Waals surface area contributed by atoms with E-state index in [1.165, 1.54) is 0 Å². The van der Waals surface area contributed by atoms with Gasteiger partial charge >= 0.3 is 5.97 Å². The topological polar surface area (TPSA) is 129 Å². The number of fused-ring (bicyclic) bond motifs is 1. The minimum absolute atomic E-state index is 0.0861. The maximum Gasteiger partial charge on any atom is 0.326 e. The van der Waals surface area contributed by atoms with E-state index in [0.29, 0.717) is 24.2 Å². The second-order valence-corrected chi connectivity index (χ2v) is 11.1. The number of amides is 1. The maximum atomic E-state index is 13.5. The molecule has 170 valence electrons. The molecule has 4 N–H and O–H groups in total. The lowest BCUT2D eigenvalue weighted by Gasteiger charge is -2.62. The lowest BCUT2D eigenvalue weighted by molar-refractivity contribution is -0.208. The fourth-order valence-corrected chi connectivity index (χ4v) is 7.88. The number of aliphatic hydroxyl groups is 1. The van der Waals surface area contributed by atoms with Crippen molar-refractivity contribution in [3.05, 3.63) is 0 Å². The van der Waals surface area contributed by atoms with Crippen LogP contribution in [0.2, 0.25) is 0 Å². The molecule has 31 heavy (non-hydrogen) atoms. The molecule has 0 aromatic rings. The van der Waals surface area contributed by atoms with Crippen LogP contribution in [0.3, 0.4) is 0 Å². The highest BCUT2D eigenvalue weighted by Crippen LogP contribution is 2.64. The molecule has 1 heterocycles. The zero-order valence-corrected chi connectivity index (χ0v) is 18.4. The van der Waals surface area contributed by atoms with Crippen LogP contribution < -0.4 is 11.1 Å². The zero-order chi connectivity index (χ0) is 22.1. The summed E-state index contributed by atoms with van der Waals surface area (Å²) in [6, 6.07) is 0.693. The predicted octanol–water partition coefficient (Wildman–Crippen LogP) is 0.678. The van der Waals surface area contributed by atoms with E-state index >= 15 is 0 Å². The Labute approximate surface area is 183 Å². The molecule has 6 unspecified atom stereocenters. The van der Waals surface area contributed by atoms with E-state index in [-0.39, 0.29) is 23.4 Å². The van der Waals surface area contributed by atoms with Gasteiger partial charge in [-0.05, 0) is 88.5 Å². The van der Waals surface area contributed by atoms with E-state index in [0.717, 1.165) is 44.9 Å². The first kappa shape index (κ1) is 21.2. The fourth-order valence-electron chi connectivity index (χ4n) is 7.88. The molecule has 5 aliphatic carbocycles. The van der Waals surface area contributed by atoms with Crippen LogP contribution in [0.5, 0.6) is 0 Å². The number of piperidine rings is 1. The van der Waals surface area contributed by atoms with Gasteiger partial charge in [-0.25, -0.2) is 0 Å². The number of hydrogen-bond donors (Lipinski definition) is 3. The molecule has 10 atom stereocenters. The second kappa shape index (κ2) is 7.16. The van der Waals surface area contributed by atoms with E-state index in [1.807, 2.05) is 0 Å². The quantitative estimate of drug-likeness (QED) is 0.529. The summed E-state index contributed by atoms with van der Waals surface area (Å²) in [7, 11) is 1.64. The third-order valence-corrected chi connectivity index (χ3v) is 8.85. The van der Waals surface area contributed by atoms with Gasteiger partial charge in [-0.3, -0.25) is 9.59 Å². The Balaban J connectivity index is 1.38. The Bertz CT molecular complexity index is 809. The summed E-state index contributed by atoms with van der Waals surface area (Å²) in [5.74, 6) is 0.734. The Morgan fingerprint density at radius 3 is 2.48 bits per heavy atom. The van der Waals surface area contributed by atoms with Crippen LogP contribution in [-0.2, 0) is 14.3 Å². The third kappa shape index (κ3) is 3.28. The molecule has 6 aliphatic rings. The van der Waals surface area contributed by atoms with E-state index in [4.69, 9.17) is 10.5 Å². The van der Waals surface area contributed by atoms with E-state index in [1.54, 1.807) is 18.9 Å². The molecule has 8 nitrogen and oxygen atoms in total. The van der Waals surface area contributed by atoms with Gasteiger partial charge in [-0.15, -0.1) is 0 Å². The van der Waals surface area contributed by atoms with Crippen LogP contribution in [0.1, 0.15) is 58.3 Å². The molecular formula is C23H34N4O4. The average molecular weight is 431 g/mol. The second-order valence-electron chi connectivity index (χ2n) is 11.1. The minimum atomic E-state index is -0.853. The molecule has 6 rings (SSSR count). The van der Waals surface area contributed by atoms with Gasteiger partial charge in [0.15, 0.2) is 0 Å². The van der Waals surface area contributed by atoms with Crippen molar-refractivity contribution >= 4 is 11.9 Å². The maximum absolute atomic E-state index is 13.5. The molecule has 1 amide bonds. The van der Waals surface area contributed by atoms with Gasteiger partial charge in [0.05, 0.1) is 18.2 Å². The standard InChI is InChI=1S/C23H34N4O4/c1-12(28)18(26-2)21(30)31-23-8-13-3-14(9-23)7-22(6-13,11-23)19(25)20(29)27-16(10-24)4-15-5-17(15)27/h12-19,26,28H,3-9,11,25H2,1-2H3/t12?,13-,14?,15?,16-,17?,18-,19+,22?,23?/m0/s1. The number of esters is 1. The van der Waals surface area contributed by atoms with Gasteiger partial charge in [0.25, 0.3) is 0 Å². The largest absolute Gasteiger partial charge is 0.458 e. The van der Waals surface area contributed by atoms with Crippen LogP contribution in [0, 0.1) is 34.5 Å². The summed E-state index contributed by atoms with van der Waals surface area (Å²) in [6.07, 6.45) is 6.00. The summed E-state index contributed by atoms with van der Waals surface area (Å²) in [6.45, 7) is 1.57. The smallest absolute Gasteiger partial charge is 0.326 e. The van der Waals surface area contributed by atoms with Crippen LogP contribution in [0.4, 0.5) is 0 Å². The first-order valence-electron chi connectivity index (χ1n) is 11.8. The van der Waals surface area contributed by atoms with Crippen LogP contribution >= 0.6 is 0 Å². The molecule has 1 aliphatic heterocycles. The molecule has 0 radical (unpaired) electrons. The number of nitrogens with zero attached hydrogens (tertiary/aromatic N) is 2. The Hall–Kier alpha value is -1.69. The summed E-state index contributed by atoms with van der Waals surface area (Å²) in [5, 5.41) is 22.3. The number of hydrogen-bond acceptors (Lipinski definition) is 7. The number of carbonyl (C=O) groups excluding carboxylic acids is 2. The normalized spacial score (nSPS) is 44.9. The fraction of sp³-hybridized carbons (Fsp3) is 0.870. The number of nitriles is 1. The van der Waals surface area contributed by atoms with Crippen molar-refractivity contribution in [1.82, 2.24) is 10.2 Å². The van der Waals surface area contributed by atoms with Crippen molar-refractivity contribution in [1.29, 1.82) is 5.26 Å². The number of rotatable bonds is 6. The highest BCUT2D eigenvalue weighted by atomic mass is 16.6. The molecule has 5 saturated carbocycles. The van der Waals surface area contributed by atoms with Gasteiger partial charge in [0, 0.05) is 6.04 Å². The number of ether oxygens (including phenoxy) is 1. The summed E-state index contributed by atoms with van der Waals surface area (Å²) in [4.78, 5) is 28.2. The number of nitrogens with two attached hydrogens (primary N) is 1. The number of carbonyl (C=O) groups is 2. The van der Waals surface area contributed by atoms with Crippen molar-refractivity contribution in [2.45, 2.75) is 94.2 Å². The molecule has 6 fully saturated rings. The lowest BCUT2D eigenvalue weighted by Crippen LogP contribution is -2.66. The van der Waals surface area contributed by atoms with Gasteiger partial charge in [0.1, 0.15) is 17.7 Å². The Morgan fingerprint density at radius 1 is 1.23 bits per heavy atom. The number of aliphatic hydroxyl groups excluding tert-OH is 1. The van der Waals surface area contributed by atoms with Crippen LogP contribution in [0.25, 0.3) is 0 Å². The van der Waals surface area contributed by atoms with E-state index in [9.17, 15) is 20.0 Å². The lowest BCUT2D eigenvalue weighted by atomic mass is 9.46. The Kier molecular flexibility index (Phi) is 4.89. The molecular weight excluding hydrogens is 396 g/mol. The van der Waals surface area contributed by atoms with Crippen LogP contribution in [-0.4, -0.2) is 64.8 Å². The molecule has 0 aromatic carbocycles. The molecule has 0 spiro atoms. The average Bonchev–Trinajstić information content (AvgIpc) is 3.35. The molecule has 0 aromatic heterocycles. The van der Waals surface area contributed by atoms with E-state index < -0.39 is 29.8 Å². The number of likely N-dealkylation sites (tertiary alicyclic amines) is 1. The van der Waals surface area contributed by atoms with Crippen molar-refractivity contribution in [3.8, 4) is 6.07 Å². The van der Waals surface area contributed by atoms with Gasteiger partial charge in [-0.1, -0.05) is 0 Å². The molecule has 1 saturated heterocycles. The van der Waals surface area contributed by atoms with Crippen molar-refractivity contribution in [3.63, 3.8) is 0 Å². The number of likely N-dealkylation sites (N-methyl/N-ethyl adjacent to an activating group) is 1. The van der Waals surface area contributed by atoms with Crippen molar-refractivity contribution in [2.24, 2.45) is 28.9 Å². The summed E-state index contributed by atoms with van der Waals surface area (Å²) in [5.41, 5.74) is 5.74. The van der Waals surface area contributed by atoms with Crippen LogP contribution in [0.15, 0.2) is 0 Å². The first-order chi connectivity index (χ1) is 14.7. The van der Waals surface area contributed by atoms with E-state index in [2.05, 4.69) is 11.4 Å². The summed E-state index contributed by atoms with van der Waals surface area (Å²) >= 11 is 0. The van der Waals surface area contributed by atoms with Gasteiger partial charge < -0.3 is 25.8 Å². The SMILES string of the molecule is CN[C@H](C(=O)OC12CC3C[C@H](C1)CC([C@H](N)C(=O)N1C4CC4C[C@H]1C#N)(C3)C2)C(C)O. The van der Waals surface area contributed by atoms with Crippen molar-refractivity contribution in [2.75, 3.05) is 7.05 Å². The van der Waals surface area contributed by atoms with Crippen molar-refractivity contribution < 1.29 is 19.4 Å². The monoisotopic (exact) mass is 430 g/mol. The van der Waals surface area contributed by atoms with Gasteiger partial charge in [0.2, 0.25) is 5.91 Å². The number of nitrogens with one attached hydrogen (secondary N) is 1. The highest BCUT2D eigenvalue weighted by molar-refractivity contribution is 5.84. The zero-order valence-electron chi connectivity index (χ0n) is 18.4. The van der Waals surface area contributed by atoms with Gasteiger partial charge in [-0.2, -0.15) is 5.26 Å². The highest BCUT2D eigenvalue weighted by Gasteiger charge is 2.64. The molecule has 8 heteroatoms. The minimum Gasteiger partial charge on any atom is -0.458 e. The predicted molar refractivity (Wildman–Crippen MR) is 111 cm³/mol. The molecule has 4 bridgehead atoms. The summed E-state index contributed by atoms with van der Waals surface area (Å²) < 4.78 is 6.12. The first-order valence-corrected chi connectivity index (χ1v) is 11.8. The third-order valence-electron chi connectivity index (χ3n) is 8.85.